The molecule has 1 aromatic heterocycles. The van der Waals surface area contributed by atoms with Gasteiger partial charge in [-0.3, -0.25) is 10.1 Å². The predicted octanol–water partition coefficient (Wildman–Crippen LogP) is 3.39. The normalized spacial score (nSPS) is 14.5. The van der Waals surface area contributed by atoms with E-state index in [1.807, 2.05) is 10.6 Å². The van der Waals surface area contributed by atoms with E-state index in [-0.39, 0.29) is 10.6 Å². The van der Waals surface area contributed by atoms with E-state index in [2.05, 4.69) is 26.1 Å². The highest BCUT2D eigenvalue weighted by Crippen LogP contribution is 2.41. The van der Waals surface area contributed by atoms with Gasteiger partial charge in [-0.15, -0.1) is 10.2 Å². The van der Waals surface area contributed by atoms with Crippen molar-refractivity contribution < 1.29 is 4.92 Å². The maximum atomic E-state index is 11.3. The third-order valence-corrected chi connectivity index (χ3v) is 3.96. The van der Waals surface area contributed by atoms with Crippen molar-refractivity contribution in [3.8, 4) is 11.4 Å². The molecule has 1 fully saturated rings. The van der Waals surface area contributed by atoms with Gasteiger partial charge in [0.1, 0.15) is 5.82 Å². The number of benzene rings is 1. The standard InChI is InChI=1S/C13H13BrN4O2/c1-8-3-2-4-10(12(8)18(19)20)13-16-15-11(7-14)17(13)9-5-6-9/h2-4,9H,5-7H2,1H3. The topological polar surface area (TPSA) is 73.8 Å². The number of hydrogen-bond donors (Lipinski definition) is 0. The maximum absolute atomic E-state index is 11.3. The van der Waals surface area contributed by atoms with Crippen LogP contribution >= 0.6 is 15.9 Å². The lowest BCUT2D eigenvalue weighted by molar-refractivity contribution is -0.384. The van der Waals surface area contributed by atoms with Gasteiger partial charge in [-0.25, -0.2) is 0 Å². The molecule has 7 heteroatoms. The van der Waals surface area contributed by atoms with Gasteiger partial charge in [-0.05, 0) is 25.8 Å². The van der Waals surface area contributed by atoms with Gasteiger partial charge < -0.3 is 4.57 Å². The molecule has 104 valence electrons. The highest BCUT2D eigenvalue weighted by Gasteiger charge is 2.32. The van der Waals surface area contributed by atoms with Crippen molar-refractivity contribution in [3.05, 3.63) is 39.7 Å². The molecule has 1 aromatic carbocycles. The van der Waals surface area contributed by atoms with Crippen molar-refractivity contribution in [2.45, 2.75) is 31.1 Å². The number of alkyl halides is 1. The first kappa shape index (κ1) is 13.2. The highest BCUT2D eigenvalue weighted by atomic mass is 79.9. The average Bonchev–Trinajstić information content (AvgIpc) is 3.17. The number of para-hydroxylation sites is 1. The van der Waals surface area contributed by atoms with E-state index in [1.54, 1.807) is 19.1 Å². The summed E-state index contributed by atoms with van der Waals surface area (Å²) in [6.45, 7) is 1.74. The highest BCUT2D eigenvalue weighted by molar-refractivity contribution is 9.08. The van der Waals surface area contributed by atoms with Crippen molar-refractivity contribution in [2.75, 3.05) is 0 Å². The van der Waals surface area contributed by atoms with Crippen molar-refractivity contribution in [3.63, 3.8) is 0 Å². The molecule has 0 aliphatic heterocycles. The van der Waals surface area contributed by atoms with Crippen molar-refractivity contribution in [1.29, 1.82) is 0 Å². The average molecular weight is 337 g/mol. The van der Waals surface area contributed by atoms with Crippen molar-refractivity contribution in [2.24, 2.45) is 0 Å². The number of hydrogen-bond acceptors (Lipinski definition) is 4. The Kier molecular flexibility index (Phi) is 3.29. The largest absolute Gasteiger partial charge is 0.307 e. The molecular weight excluding hydrogens is 324 g/mol. The lowest BCUT2D eigenvalue weighted by atomic mass is 10.1. The van der Waals surface area contributed by atoms with Crippen LogP contribution in [0.2, 0.25) is 0 Å². The van der Waals surface area contributed by atoms with Crippen LogP contribution in [0.1, 0.15) is 30.3 Å². The molecule has 0 saturated heterocycles. The molecule has 6 nitrogen and oxygen atoms in total. The number of aromatic nitrogens is 3. The monoisotopic (exact) mass is 336 g/mol. The molecule has 1 aliphatic rings. The zero-order chi connectivity index (χ0) is 14.3. The summed E-state index contributed by atoms with van der Waals surface area (Å²) in [7, 11) is 0. The van der Waals surface area contributed by atoms with Gasteiger partial charge in [0, 0.05) is 11.6 Å². The predicted molar refractivity (Wildman–Crippen MR) is 77.8 cm³/mol. The Hall–Kier alpha value is -1.76. The second kappa shape index (κ2) is 4.97. The van der Waals surface area contributed by atoms with E-state index < -0.39 is 0 Å². The first-order chi connectivity index (χ1) is 9.63. The van der Waals surface area contributed by atoms with E-state index >= 15 is 0 Å². The molecule has 1 aliphatic carbocycles. The van der Waals surface area contributed by atoms with E-state index in [1.165, 1.54) is 0 Å². The molecule has 20 heavy (non-hydrogen) atoms. The summed E-state index contributed by atoms with van der Waals surface area (Å²) in [6.07, 6.45) is 2.15. The van der Waals surface area contributed by atoms with E-state index in [0.29, 0.717) is 28.3 Å². The Morgan fingerprint density at radius 1 is 1.45 bits per heavy atom. The van der Waals surface area contributed by atoms with Crippen LogP contribution < -0.4 is 0 Å². The van der Waals surface area contributed by atoms with Crippen molar-refractivity contribution >= 4 is 21.6 Å². The van der Waals surface area contributed by atoms with Crippen LogP contribution in [-0.4, -0.2) is 19.7 Å². The van der Waals surface area contributed by atoms with Gasteiger partial charge in [-0.1, -0.05) is 28.1 Å². The fraction of sp³-hybridized carbons (Fsp3) is 0.385. The molecule has 0 unspecified atom stereocenters. The Balaban J connectivity index is 2.21. The van der Waals surface area contributed by atoms with Crippen LogP contribution in [0, 0.1) is 17.0 Å². The lowest BCUT2D eigenvalue weighted by Gasteiger charge is -2.09. The SMILES string of the molecule is Cc1cccc(-c2nnc(CBr)n2C2CC2)c1[N+](=O)[O-]. The van der Waals surface area contributed by atoms with Crippen LogP contribution in [0.25, 0.3) is 11.4 Å². The second-order valence-electron chi connectivity index (χ2n) is 4.90. The third kappa shape index (κ3) is 2.11. The van der Waals surface area contributed by atoms with Crippen LogP contribution in [0.3, 0.4) is 0 Å². The van der Waals surface area contributed by atoms with Crippen LogP contribution in [-0.2, 0) is 5.33 Å². The van der Waals surface area contributed by atoms with Gasteiger partial charge in [-0.2, -0.15) is 0 Å². The number of halogens is 1. The van der Waals surface area contributed by atoms with Gasteiger partial charge >= 0.3 is 0 Å². The maximum Gasteiger partial charge on any atom is 0.283 e. The summed E-state index contributed by atoms with van der Waals surface area (Å²) in [5, 5.41) is 20.2. The van der Waals surface area contributed by atoms with E-state index in [9.17, 15) is 10.1 Å². The molecule has 0 N–H and O–H groups in total. The molecule has 2 aromatic rings. The minimum atomic E-state index is -0.343. The summed E-state index contributed by atoms with van der Waals surface area (Å²) in [6, 6.07) is 5.67. The molecule has 1 saturated carbocycles. The molecule has 0 amide bonds. The number of nitro groups is 1. The zero-order valence-corrected chi connectivity index (χ0v) is 12.5. The number of aryl methyl sites for hydroxylation is 1. The molecule has 0 bridgehead atoms. The van der Waals surface area contributed by atoms with Gasteiger partial charge in [0.15, 0.2) is 5.82 Å². The van der Waals surface area contributed by atoms with Crippen LogP contribution in [0.4, 0.5) is 5.69 Å². The van der Waals surface area contributed by atoms with E-state index in [0.717, 1.165) is 18.7 Å². The lowest BCUT2D eigenvalue weighted by Crippen LogP contribution is -2.04. The fourth-order valence-corrected chi connectivity index (χ4v) is 2.78. The summed E-state index contributed by atoms with van der Waals surface area (Å²) < 4.78 is 2.02. The number of rotatable bonds is 4. The van der Waals surface area contributed by atoms with Gasteiger partial charge in [0.25, 0.3) is 5.69 Å². The summed E-state index contributed by atoms with van der Waals surface area (Å²) in [4.78, 5) is 11.0. The third-order valence-electron chi connectivity index (χ3n) is 3.46. The summed E-state index contributed by atoms with van der Waals surface area (Å²) in [5.74, 6) is 1.41. The summed E-state index contributed by atoms with van der Waals surface area (Å²) in [5.41, 5.74) is 1.29. The molecule has 0 radical (unpaired) electrons. The zero-order valence-electron chi connectivity index (χ0n) is 10.9. The number of nitro benzene ring substituents is 1. The van der Waals surface area contributed by atoms with E-state index in [4.69, 9.17) is 0 Å². The first-order valence-corrected chi connectivity index (χ1v) is 7.49. The second-order valence-corrected chi connectivity index (χ2v) is 5.46. The first-order valence-electron chi connectivity index (χ1n) is 6.37. The van der Waals surface area contributed by atoms with Crippen molar-refractivity contribution in [1.82, 2.24) is 14.8 Å². The Morgan fingerprint density at radius 2 is 2.20 bits per heavy atom. The summed E-state index contributed by atoms with van der Waals surface area (Å²) >= 11 is 3.40. The quantitative estimate of drug-likeness (QED) is 0.487. The minimum Gasteiger partial charge on any atom is -0.307 e. The fourth-order valence-electron chi connectivity index (χ4n) is 2.40. The van der Waals surface area contributed by atoms with Crippen LogP contribution in [0.15, 0.2) is 18.2 Å². The molecular formula is C13H13BrN4O2. The minimum absolute atomic E-state index is 0.114. The molecule has 1 heterocycles. The smallest absolute Gasteiger partial charge is 0.283 e. The number of nitrogens with zero attached hydrogens (tertiary/aromatic N) is 4. The molecule has 3 rings (SSSR count). The molecule has 0 atom stereocenters. The van der Waals surface area contributed by atoms with Gasteiger partial charge in [0.2, 0.25) is 0 Å². The molecule has 0 spiro atoms. The Bertz CT molecular complexity index is 679. The Labute approximate surface area is 124 Å². The van der Waals surface area contributed by atoms with Crippen LogP contribution in [0.5, 0.6) is 0 Å². The van der Waals surface area contributed by atoms with Gasteiger partial charge in [0.05, 0.1) is 15.8 Å². The Morgan fingerprint density at radius 3 is 2.80 bits per heavy atom.